The van der Waals surface area contributed by atoms with E-state index in [0.29, 0.717) is 40.7 Å². The van der Waals surface area contributed by atoms with E-state index < -0.39 is 17.7 Å². The summed E-state index contributed by atoms with van der Waals surface area (Å²) in [6.07, 6.45) is 0. The molecule has 1 heterocycles. The van der Waals surface area contributed by atoms with Gasteiger partial charge in [0.15, 0.2) is 11.5 Å². The van der Waals surface area contributed by atoms with Crippen molar-refractivity contribution in [2.75, 3.05) is 18.6 Å². The van der Waals surface area contributed by atoms with Crippen molar-refractivity contribution in [1.82, 2.24) is 0 Å². The second-order valence-corrected chi connectivity index (χ2v) is 9.71. The molecule has 1 unspecified atom stereocenters. The largest absolute Gasteiger partial charge is 0.507 e. The molecule has 0 bridgehead atoms. The van der Waals surface area contributed by atoms with Crippen LogP contribution in [0.15, 0.2) is 60.2 Å². The molecule has 3 aromatic carbocycles. The third kappa shape index (κ3) is 4.72. The summed E-state index contributed by atoms with van der Waals surface area (Å²) in [5, 5.41) is 21.9. The number of amides is 1. The van der Waals surface area contributed by atoms with Crippen molar-refractivity contribution in [2.24, 2.45) is 0 Å². The van der Waals surface area contributed by atoms with Crippen LogP contribution < -0.4 is 14.4 Å². The van der Waals surface area contributed by atoms with Crippen LogP contribution in [0.4, 0.5) is 5.69 Å². The van der Waals surface area contributed by atoms with E-state index in [4.69, 9.17) is 9.47 Å². The van der Waals surface area contributed by atoms with Gasteiger partial charge in [0.05, 0.1) is 25.3 Å². The third-order valence-corrected chi connectivity index (χ3v) is 6.88. The Bertz CT molecular complexity index is 1420. The van der Waals surface area contributed by atoms with Gasteiger partial charge in [-0.3, -0.25) is 14.5 Å². The van der Waals surface area contributed by atoms with E-state index in [1.165, 1.54) is 11.0 Å². The molecule has 2 N–H and O–H groups in total. The van der Waals surface area contributed by atoms with Crippen LogP contribution >= 0.6 is 0 Å². The molecule has 0 spiro atoms. The minimum atomic E-state index is -0.943. The fourth-order valence-corrected chi connectivity index (χ4v) is 4.82. The van der Waals surface area contributed by atoms with E-state index in [2.05, 4.69) is 13.8 Å². The number of phenols is 1. The van der Waals surface area contributed by atoms with Crippen molar-refractivity contribution < 1.29 is 29.3 Å². The van der Waals surface area contributed by atoms with Crippen LogP contribution in [0.5, 0.6) is 17.2 Å². The number of aromatic hydroxyl groups is 1. The Kier molecular flexibility index (Phi) is 7.49. The Morgan fingerprint density at radius 2 is 1.66 bits per heavy atom. The minimum Gasteiger partial charge on any atom is -0.507 e. The summed E-state index contributed by atoms with van der Waals surface area (Å²) in [7, 11) is 1.57. The van der Waals surface area contributed by atoms with Gasteiger partial charge in [-0.15, -0.1) is 0 Å². The van der Waals surface area contributed by atoms with E-state index in [1.807, 2.05) is 19.1 Å². The summed E-state index contributed by atoms with van der Waals surface area (Å²) in [6.45, 7) is 9.91. The Labute approximate surface area is 222 Å². The molecule has 1 aliphatic rings. The number of aliphatic hydroxyl groups excluding tert-OH is 1. The van der Waals surface area contributed by atoms with Gasteiger partial charge >= 0.3 is 0 Å². The molecule has 1 saturated heterocycles. The van der Waals surface area contributed by atoms with E-state index in [9.17, 15) is 19.8 Å². The van der Waals surface area contributed by atoms with Crippen molar-refractivity contribution in [1.29, 1.82) is 0 Å². The number of phenolic OH excluding ortho intramolecular Hbond substituents is 1. The predicted octanol–water partition coefficient (Wildman–Crippen LogP) is 6.17. The summed E-state index contributed by atoms with van der Waals surface area (Å²) >= 11 is 0. The molecule has 0 radical (unpaired) electrons. The monoisotopic (exact) mass is 515 g/mol. The molecule has 198 valence electrons. The summed E-state index contributed by atoms with van der Waals surface area (Å²) in [5.74, 6) is -0.702. The number of hydrogen-bond acceptors (Lipinski definition) is 6. The van der Waals surface area contributed by atoms with Crippen LogP contribution in [-0.4, -0.2) is 35.6 Å². The van der Waals surface area contributed by atoms with Crippen molar-refractivity contribution in [3.8, 4) is 17.2 Å². The van der Waals surface area contributed by atoms with Gasteiger partial charge in [-0.25, -0.2) is 0 Å². The number of ether oxygens (including phenoxy) is 2. The number of hydrogen-bond donors (Lipinski definition) is 2. The lowest BCUT2D eigenvalue weighted by Crippen LogP contribution is -2.29. The molecule has 0 saturated carbocycles. The van der Waals surface area contributed by atoms with Gasteiger partial charge in [0.2, 0.25) is 0 Å². The molecule has 3 aromatic rings. The van der Waals surface area contributed by atoms with E-state index in [-0.39, 0.29) is 22.8 Å². The van der Waals surface area contributed by atoms with Crippen LogP contribution in [0.3, 0.4) is 0 Å². The zero-order chi connectivity index (χ0) is 27.7. The highest BCUT2D eigenvalue weighted by molar-refractivity contribution is 6.51. The number of carbonyl (C=O) groups excluding carboxylic acids is 2. The Morgan fingerprint density at radius 1 is 0.974 bits per heavy atom. The van der Waals surface area contributed by atoms with Crippen LogP contribution in [0.25, 0.3) is 5.76 Å². The summed E-state index contributed by atoms with van der Waals surface area (Å²) in [4.78, 5) is 28.5. The Morgan fingerprint density at radius 3 is 2.26 bits per heavy atom. The molecule has 7 nitrogen and oxygen atoms in total. The first-order chi connectivity index (χ1) is 18.1. The molecule has 1 fully saturated rings. The average molecular weight is 516 g/mol. The Balaban J connectivity index is 1.97. The summed E-state index contributed by atoms with van der Waals surface area (Å²) in [5.41, 5.74) is 4.00. The number of nitrogens with zero attached hydrogens (tertiary/aromatic N) is 1. The lowest BCUT2D eigenvalue weighted by atomic mass is 9.92. The molecular weight excluding hydrogens is 482 g/mol. The quantitative estimate of drug-likeness (QED) is 0.222. The van der Waals surface area contributed by atoms with Gasteiger partial charge in [0.1, 0.15) is 11.5 Å². The van der Waals surface area contributed by atoms with Crippen molar-refractivity contribution in [2.45, 2.75) is 46.6 Å². The molecule has 0 aromatic heterocycles. The molecule has 38 heavy (non-hydrogen) atoms. The van der Waals surface area contributed by atoms with Crippen LogP contribution in [0, 0.1) is 13.8 Å². The normalized spacial score (nSPS) is 16.8. The maximum atomic E-state index is 13.5. The molecule has 4 rings (SSSR count). The van der Waals surface area contributed by atoms with Gasteiger partial charge in [-0.2, -0.15) is 0 Å². The van der Waals surface area contributed by atoms with Crippen LogP contribution in [0.1, 0.15) is 60.5 Å². The number of carbonyl (C=O) groups is 2. The Hall–Kier alpha value is -4.26. The lowest BCUT2D eigenvalue weighted by molar-refractivity contribution is -0.132. The molecule has 7 heteroatoms. The zero-order valence-electron chi connectivity index (χ0n) is 22.5. The van der Waals surface area contributed by atoms with E-state index in [0.717, 1.165) is 11.1 Å². The zero-order valence-corrected chi connectivity index (χ0v) is 22.5. The second-order valence-electron chi connectivity index (χ2n) is 9.71. The number of Topliss-reactive ketones (excluding diaryl/α,β-unsaturated/α-hetero) is 1. The third-order valence-electron chi connectivity index (χ3n) is 6.88. The maximum absolute atomic E-state index is 13.5. The maximum Gasteiger partial charge on any atom is 0.300 e. The van der Waals surface area contributed by atoms with Gasteiger partial charge in [0.25, 0.3) is 11.7 Å². The SMILES string of the molecule is CCOc1cc(C2/C(=C(\O)c3cc(C)c(OC)cc3C)C(=O)C(=O)N2c2ccc(C(C)C)cc2)ccc1O. The highest BCUT2D eigenvalue weighted by Crippen LogP contribution is 2.44. The standard InChI is InChI=1S/C31H33NO6/c1-7-38-26-16-21(10-13-24(26)33)28-27(29(34)23-14-19(5)25(37-6)15-18(23)4)30(35)31(36)32(28)22-11-8-20(9-12-22)17(2)3/h8-17,28,33-34H,7H2,1-6H3/b29-27+. The van der Waals surface area contributed by atoms with E-state index >= 15 is 0 Å². The smallest absolute Gasteiger partial charge is 0.300 e. The highest BCUT2D eigenvalue weighted by Gasteiger charge is 2.47. The number of aryl methyl sites for hydroxylation is 2. The van der Waals surface area contributed by atoms with Gasteiger partial charge in [0, 0.05) is 11.3 Å². The fraction of sp³-hybridized carbons (Fsp3) is 0.290. The van der Waals surface area contributed by atoms with Gasteiger partial charge in [-0.1, -0.05) is 32.0 Å². The first-order valence-corrected chi connectivity index (χ1v) is 12.6. The number of benzene rings is 3. The van der Waals surface area contributed by atoms with Crippen LogP contribution in [-0.2, 0) is 9.59 Å². The molecule has 1 atom stereocenters. The molecular formula is C31H33NO6. The first-order valence-electron chi connectivity index (χ1n) is 12.6. The fourth-order valence-electron chi connectivity index (χ4n) is 4.82. The van der Waals surface area contributed by atoms with Crippen molar-refractivity contribution in [3.05, 3.63) is 88.0 Å². The number of aliphatic hydroxyl groups is 1. The highest BCUT2D eigenvalue weighted by atomic mass is 16.5. The molecule has 0 aliphatic carbocycles. The first kappa shape index (κ1) is 26.8. The van der Waals surface area contributed by atoms with Gasteiger partial charge in [-0.05, 0) is 85.3 Å². The van der Waals surface area contributed by atoms with Crippen LogP contribution in [0.2, 0.25) is 0 Å². The molecule has 1 aliphatic heterocycles. The van der Waals surface area contributed by atoms with E-state index in [1.54, 1.807) is 57.4 Å². The molecule has 1 amide bonds. The predicted molar refractivity (Wildman–Crippen MR) is 147 cm³/mol. The number of methoxy groups -OCH3 is 1. The topological polar surface area (TPSA) is 96.3 Å². The van der Waals surface area contributed by atoms with Gasteiger partial charge < -0.3 is 19.7 Å². The number of anilines is 1. The summed E-state index contributed by atoms with van der Waals surface area (Å²) in [6, 6.07) is 14.7. The van der Waals surface area contributed by atoms with Crippen molar-refractivity contribution in [3.63, 3.8) is 0 Å². The minimum absolute atomic E-state index is 0.0382. The number of ketones is 1. The van der Waals surface area contributed by atoms with Crippen molar-refractivity contribution >= 4 is 23.1 Å². The average Bonchev–Trinajstić information content (AvgIpc) is 3.16. The number of rotatable bonds is 7. The second kappa shape index (κ2) is 10.6. The lowest BCUT2D eigenvalue weighted by Gasteiger charge is -2.26. The summed E-state index contributed by atoms with van der Waals surface area (Å²) < 4.78 is 11.0.